The standard InChI is InChI=1S/C15H23ClN2O4S.ClH/c1-10(2)8-15(3,9-17)18-23(20,21)13-6-11(14(19)22-4)5-12(16)7-13;/h5-7,10,18H,8-9,17H2,1-4H3;1H. The first-order chi connectivity index (χ1) is 10.5. The van der Waals surface area contributed by atoms with Gasteiger partial charge in [-0.2, -0.15) is 0 Å². The quantitative estimate of drug-likeness (QED) is 0.687. The monoisotopic (exact) mass is 398 g/mol. The van der Waals surface area contributed by atoms with Gasteiger partial charge in [-0.15, -0.1) is 12.4 Å². The van der Waals surface area contributed by atoms with E-state index in [1.807, 2.05) is 13.8 Å². The molecular formula is C15H24Cl2N2O4S. The van der Waals surface area contributed by atoms with Gasteiger partial charge in [-0.25, -0.2) is 17.9 Å². The molecule has 0 aliphatic carbocycles. The van der Waals surface area contributed by atoms with E-state index in [1.165, 1.54) is 25.3 Å². The van der Waals surface area contributed by atoms with Crippen molar-refractivity contribution in [3.05, 3.63) is 28.8 Å². The number of ether oxygens (including phenoxy) is 1. The first kappa shape index (κ1) is 23.1. The Balaban J connectivity index is 0.00000529. The summed E-state index contributed by atoms with van der Waals surface area (Å²) in [5.74, 6) is -0.399. The number of carbonyl (C=O) groups excluding carboxylic acids is 1. The number of nitrogens with two attached hydrogens (primary N) is 1. The molecule has 1 aromatic rings. The number of esters is 1. The molecule has 9 heteroatoms. The highest BCUT2D eigenvalue weighted by Crippen LogP contribution is 2.23. The van der Waals surface area contributed by atoms with Gasteiger partial charge in [0.25, 0.3) is 0 Å². The van der Waals surface area contributed by atoms with Crippen molar-refractivity contribution in [3.63, 3.8) is 0 Å². The number of rotatable bonds is 7. The second-order valence-electron chi connectivity index (χ2n) is 6.14. The zero-order chi connectivity index (χ0) is 17.8. The minimum atomic E-state index is -3.88. The van der Waals surface area contributed by atoms with Gasteiger partial charge in [-0.3, -0.25) is 0 Å². The Kier molecular flexibility index (Phi) is 8.69. The van der Waals surface area contributed by atoms with E-state index in [0.29, 0.717) is 6.42 Å². The Morgan fingerprint density at radius 1 is 1.38 bits per heavy atom. The second kappa shape index (κ2) is 9.01. The van der Waals surface area contributed by atoms with Crippen LogP contribution in [0, 0.1) is 5.92 Å². The Hall–Kier alpha value is -0.860. The molecular weight excluding hydrogens is 375 g/mol. The lowest BCUT2D eigenvalue weighted by Crippen LogP contribution is -2.52. The van der Waals surface area contributed by atoms with Crippen LogP contribution in [-0.4, -0.2) is 33.6 Å². The maximum absolute atomic E-state index is 12.6. The van der Waals surface area contributed by atoms with Crippen LogP contribution in [0.4, 0.5) is 0 Å². The molecule has 24 heavy (non-hydrogen) atoms. The van der Waals surface area contributed by atoms with Gasteiger partial charge >= 0.3 is 5.97 Å². The molecule has 0 amide bonds. The summed E-state index contributed by atoms with van der Waals surface area (Å²) in [6.07, 6.45) is 0.577. The normalized spacial score (nSPS) is 14.0. The SMILES string of the molecule is COC(=O)c1cc(Cl)cc(S(=O)(=O)NC(C)(CN)CC(C)C)c1.Cl. The summed E-state index contributed by atoms with van der Waals surface area (Å²) in [7, 11) is -2.67. The van der Waals surface area contributed by atoms with Crippen molar-refractivity contribution in [2.45, 2.75) is 37.6 Å². The maximum atomic E-state index is 12.6. The molecule has 0 bridgehead atoms. The van der Waals surface area contributed by atoms with Crippen LogP contribution in [0.5, 0.6) is 0 Å². The van der Waals surface area contributed by atoms with Gasteiger partial charge in [0.15, 0.2) is 0 Å². The van der Waals surface area contributed by atoms with Crippen molar-refractivity contribution in [1.82, 2.24) is 4.72 Å². The van der Waals surface area contributed by atoms with Crippen LogP contribution < -0.4 is 10.5 Å². The number of benzene rings is 1. The third-order valence-electron chi connectivity index (χ3n) is 3.29. The third kappa shape index (κ3) is 6.22. The van der Waals surface area contributed by atoms with Crippen LogP contribution >= 0.6 is 24.0 Å². The van der Waals surface area contributed by atoms with Crippen molar-refractivity contribution in [3.8, 4) is 0 Å². The minimum absolute atomic E-state index is 0. The summed E-state index contributed by atoms with van der Waals surface area (Å²) in [5.41, 5.74) is 5.02. The number of halogens is 2. The van der Waals surface area contributed by atoms with Gasteiger partial charge in [0.1, 0.15) is 0 Å². The Labute approximate surface area is 154 Å². The predicted octanol–water partition coefficient (Wildman–Crippen LogP) is 2.59. The second-order valence-corrected chi connectivity index (χ2v) is 8.25. The first-order valence-corrected chi connectivity index (χ1v) is 9.02. The van der Waals surface area contributed by atoms with Gasteiger partial charge in [0.05, 0.1) is 17.6 Å². The molecule has 1 aromatic carbocycles. The lowest BCUT2D eigenvalue weighted by atomic mass is 9.92. The number of methoxy groups -OCH3 is 1. The number of hydrogen-bond donors (Lipinski definition) is 2. The highest BCUT2D eigenvalue weighted by Gasteiger charge is 2.30. The van der Waals surface area contributed by atoms with Gasteiger partial charge in [-0.05, 0) is 37.5 Å². The van der Waals surface area contributed by atoms with Crippen LogP contribution in [0.25, 0.3) is 0 Å². The first-order valence-electron chi connectivity index (χ1n) is 7.16. The highest BCUT2D eigenvalue weighted by atomic mass is 35.5. The molecule has 3 N–H and O–H groups in total. The molecule has 6 nitrogen and oxygen atoms in total. The van der Waals surface area contributed by atoms with Crippen molar-refractivity contribution in [2.75, 3.05) is 13.7 Å². The molecule has 138 valence electrons. The fraction of sp³-hybridized carbons (Fsp3) is 0.533. The van der Waals surface area contributed by atoms with Crippen LogP contribution in [0.2, 0.25) is 5.02 Å². The van der Waals surface area contributed by atoms with Crippen molar-refractivity contribution >= 4 is 40.0 Å². The molecule has 0 radical (unpaired) electrons. The lowest BCUT2D eigenvalue weighted by molar-refractivity contribution is 0.0600. The minimum Gasteiger partial charge on any atom is -0.465 e. The zero-order valence-electron chi connectivity index (χ0n) is 14.1. The largest absolute Gasteiger partial charge is 0.465 e. The van der Waals surface area contributed by atoms with Gasteiger partial charge in [0, 0.05) is 17.1 Å². The van der Waals surface area contributed by atoms with Crippen molar-refractivity contribution in [2.24, 2.45) is 11.7 Å². The maximum Gasteiger partial charge on any atom is 0.337 e. The van der Waals surface area contributed by atoms with Gasteiger partial charge in [-0.1, -0.05) is 25.4 Å². The number of sulfonamides is 1. The van der Waals surface area contributed by atoms with E-state index in [4.69, 9.17) is 17.3 Å². The van der Waals surface area contributed by atoms with Crippen molar-refractivity contribution in [1.29, 1.82) is 0 Å². The van der Waals surface area contributed by atoms with E-state index in [1.54, 1.807) is 6.92 Å². The molecule has 1 atom stereocenters. The molecule has 0 saturated heterocycles. The number of nitrogens with one attached hydrogen (secondary N) is 1. The molecule has 0 saturated carbocycles. The van der Waals surface area contributed by atoms with Crippen molar-refractivity contribution < 1.29 is 17.9 Å². The van der Waals surface area contributed by atoms with Crippen LogP contribution in [0.1, 0.15) is 37.6 Å². The Bertz CT molecular complexity index is 680. The van der Waals surface area contributed by atoms with Crippen LogP contribution in [0.15, 0.2) is 23.1 Å². The molecule has 0 aromatic heterocycles. The summed E-state index contributed by atoms with van der Waals surface area (Å²) < 4.78 is 32.5. The van der Waals surface area contributed by atoms with E-state index < -0.39 is 21.5 Å². The summed E-state index contributed by atoms with van der Waals surface area (Å²) in [5, 5.41) is 0.131. The van der Waals surface area contributed by atoms with E-state index in [2.05, 4.69) is 9.46 Å². The van der Waals surface area contributed by atoms with E-state index >= 15 is 0 Å². The summed E-state index contributed by atoms with van der Waals surface area (Å²) in [6, 6.07) is 3.86. The summed E-state index contributed by atoms with van der Waals surface area (Å²) in [4.78, 5) is 11.5. The lowest BCUT2D eigenvalue weighted by Gasteiger charge is -2.30. The molecule has 0 fully saturated rings. The number of hydrogen-bond acceptors (Lipinski definition) is 5. The molecule has 0 aliphatic rings. The van der Waals surface area contributed by atoms with Crippen LogP contribution in [-0.2, 0) is 14.8 Å². The Morgan fingerprint density at radius 3 is 2.42 bits per heavy atom. The van der Waals surface area contributed by atoms with Gasteiger partial charge < -0.3 is 10.5 Å². The number of carbonyl (C=O) groups is 1. The fourth-order valence-corrected chi connectivity index (χ4v) is 4.20. The third-order valence-corrected chi connectivity index (χ3v) is 5.13. The molecule has 0 spiro atoms. The highest BCUT2D eigenvalue weighted by molar-refractivity contribution is 7.89. The summed E-state index contributed by atoms with van der Waals surface area (Å²) >= 11 is 5.92. The van der Waals surface area contributed by atoms with Gasteiger partial charge in [0.2, 0.25) is 10.0 Å². The smallest absolute Gasteiger partial charge is 0.337 e. The molecule has 0 heterocycles. The summed E-state index contributed by atoms with van der Waals surface area (Å²) in [6.45, 7) is 5.86. The average Bonchev–Trinajstić information content (AvgIpc) is 2.44. The fourth-order valence-electron chi connectivity index (χ4n) is 2.40. The molecule has 0 aliphatic heterocycles. The van der Waals surface area contributed by atoms with E-state index in [-0.39, 0.29) is 40.4 Å². The molecule has 1 unspecified atom stereocenters. The average molecular weight is 399 g/mol. The van der Waals surface area contributed by atoms with Crippen LogP contribution in [0.3, 0.4) is 0 Å². The predicted molar refractivity (Wildman–Crippen MR) is 97.3 cm³/mol. The topological polar surface area (TPSA) is 98.5 Å². The zero-order valence-corrected chi connectivity index (χ0v) is 16.5. The van der Waals surface area contributed by atoms with E-state index in [0.717, 1.165) is 0 Å². The molecule has 1 rings (SSSR count). The Morgan fingerprint density at radius 2 is 1.96 bits per heavy atom. The van der Waals surface area contributed by atoms with E-state index in [9.17, 15) is 13.2 Å².